The van der Waals surface area contributed by atoms with Gasteiger partial charge in [0.05, 0.1) is 27.7 Å². The average Bonchev–Trinajstić information content (AvgIpc) is 2.34. The maximum absolute atomic E-state index is 11.7. The van der Waals surface area contributed by atoms with Crippen LogP contribution in [0.25, 0.3) is 0 Å². The van der Waals surface area contributed by atoms with Crippen LogP contribution in [0.3, 0.4) is 0 Å². The van der Waals surface area contributed by atoms with E-state index in [1.807, 2.05) is 21.1 Å². The van der Waals surface area contributed by atoms with Crippen LogP contribution in [0, 0.1) is 0 Å². The third kappa shape index (κ3) is 11.1. The van der Waals surface area contributed by atoms with E-state index in [1.165, 1.54) is 0 Å². The fraction of sp³-hybridized carbons (Fsp3) is 0.714. The topological polar surface area (TPSA) is 63.6 Å². The zero-order chi connectivity index (χ0) is 15.6. The molecule has 1 N–H and O–H groups in total. The Morgan fingerprint density at radius 3 is 2.35 bits per heavy atom. The number of rotatable bonds is 11. The number of esters is 1. The maximum atomic E-state index is 11.7. The third-order valence-electron chi connectivity index (χ3n) is 2.57. The Labute approximate surface area is 123 Å². The van der Waals surface area contributed by atoms with Gasteiger partial charge in [-0.25, -0.2) is 4.79 Å². The number of hydrogen-bond acceptors (Lipinski definition) is 4. The highest BCUT2D eigenvalue weighted by Crippen LogP contribution is 2.33. The number of quaternary nitrogens is 1. The van der Waals surface area contributed by atoms with Crippen LogP contribution >= 0.6 is 8.15 Å². The quantitative estimate of drug-likeness (QED) is 0.208. The molecule has 0 radical (unpaired) electrons. The summed E-state index contributed by atoms with van der Waals surface area (Å²) in [4.78, 5) is 32.3. The van der Waals surface area contributed by atoms with Crippen LogP contribution in [-0.4, -0.2) is 61.3 Å². The maximum Gasteiger partial charge on any atom is 0.330 e. The Morgan fingerprint density at radius 2 is 1.80 bits per heavy atom. The molecule has 0 aromatic heterocycles. The van der Waals surface area contributed by atoms with Gasteiger partial charge in [-0.2, -0.15) is 0 Å². The van der Waals surface area contributed by atoms with Crippen molar-refractivity contribution in [2.75, 3.05) is 40.5 Å². The second-order valence-corrected chi connectivity index (χ2v) is 7.50. The number of ether oxygens (including phenoxy) is 1. The van der Waals surface area contributed by atoms with Crippen molar-refractivity contribution in [1.29, 1.82) is 0 Å². The molecular weight excluding hydrogens is 277 g/mol. The first-order chi connectivity index (χ1) is 9.26. The van der Waals surface area contributed by atoms with Crippen LogP contribution < -0.4 is 0 Å². The van der Waals surface area contributed by atoms with Crippen molar-refractivity contribution < 1.29 is 23.7 Å². The first-order valence-electron chi connectivity index (χ1n) is 6.85. The summed E-state index contributed by atoms with van der Waals surface area (Å²) in [5.41, 5.74) is -0.0348. The van der Waals surface area contributed by atoms with E-state index in [-0.39, 0.29) is 5.52 Å². The SMILES string of the molecule is C=CC(=O)OCCCCCCP(O)C(=O)C[N+](C)(C)C. The van der Waals surface area contributed by atoms with E-state index < -0.39 is 14.1 Å². The Kier molecular flexibility index (Phi) is 9.64. The van der Waals surface area contributed by atoms with Crippen LogP contribution in [0.1, 0.15) is 25.7 Å². The van der Waals surface area contributed by atoms with E-state index in [2.05, 4.69) is 6.58 Å². The van der Waals surface area contributed by atoms with Gasteiger partial charge >= 0.3 is 5.97 Å². The molecule has 0 fully saturated rings. The van der Waals surface area contributed by atoms with E-state index in [9.17, 15) is 14.5 Å². The standard InChI is InChI=1S/C14H27NO4P/c1-5-13(16)19-10-8-6-7-9-11-20(18)14(17)12-15(2,3)4/h5,18H,1,6-12H2,2-4H3/q+1. The lowest BCUT2D eigenvalue weighted by Crippen LogP contribution is -2.39. The minimum atomic E-state index is -1.50. The normalized spacial score (nSPS) is 12.8. The third-order valence-corrected chi connectivity index (χ3v) is 4.03. The van der Waals surface area contributed by atoms with Gasteiger partial charge in [0.15, 0.2) is 0 Å². The molecule has 0 bridgehead atoms. The number of carbonyl (C=O) groups excluding carboxylic acids is 2. The highest BCUT2D eigenvalue weighted by molar-refractivity contribution is 7.69. The van der Waals surface area contributed by atoms with Crippen molar-refractivity contribution in [3.63, 3.8) is 0 Å². The molecule has 6 heteroatoms. The van der Waals surface area contributed by atoms with Gasteiger partial charge in [0, 0.05) is 6.08 Å². The molecule has 5 nitrogen and oxygen atoms in total. The average molecular weight is 304 g/mol. The number of nitrogens with zero attached hydrogens (tertiary/aromatic N) is 1. The van der Waals surface area contributed by atoms with Crippen LogP contribution in [0.2, 0.25) is 0 Å². The van der Waals surface area contributed by atoms with Gasteiger partial charge in [-0.15, -0.1) is 0 Å². The molecule has 0 aromatic rings. The minimum Gasteiger partial charge on any atom is -0.463 e. The number of unbranched alkanes of at least 4 members (excludes halogenated alkanes) is 3. The second-order valence-electron chi connectivity index (χ2n) is 5.75. The summed E-state index contributed by atoms with van der Waals surface area (Å²) >= 11 is 0. The predicted octanol–water partition coefficient (Wildman–Crippen LogP) is 1.90. The van der Waals surface area contributed by atoms with Gasteiger partial charge in [-0.1, -0.05) is 19.4 Å². The Hall–Kier alpha value is -0.770. The predicted molar refractivity (Wildman–Crippen MR) is 81.5 cm³/mol. The van der Waals surface area contributed by atoms with Crippen LogP contribution in [0.5, 0.6) is 0 Å². The van der Waals surface area contributed by atoms with Crippen LogP contribution in [-0.2, 0) is 14.3 Å². The minimum absolute atomic E-state index is 0.0348. The molecule has 0 saturated heterocycles. The van der Waals surface area contributed by atoms with Crippen molar-refractivity contribution in [1.82, 2.24) is 0 Å². The van der Waals surface area contributed by atoms with Crippen molar-refractivity contribution in [2.24, 2.45) is 0 Å². The molecule has 0 saturated carbocycles. The van der Waals surface area contributed by atoms with Gasteiger partial charge in [0.1, 0.15) is 14.7 Å². The summed E-state index contributed by atoms with van der Waals surface area (Å²) in [5, 5.41) is 0. The molecule has 0 aliphatic carbocycles. The highest BCUT2D eigenvalue weighted by atomic mass is 31.1. The summed E-state index contributed by atoms with van der Waals surface area (Å²) < 4.78 is 5.40. The summed E-state index contributed by atoms with van der Waals surface area (Å²) in [6, 6.07) is 0. The molecule has 116 valence electrons. The molecule has 0 aliphatic rings. The number of likely N-dealkylation sites (N-methyl/N-ethyl adjacent to an activating group) is 1. The fourth-order valence-corrected chi connectivity index (χ4v) is 2.92. The Bertz CT molecular complexity index is 326. The summed E-state index contributed by atoms with van der Waals surface area (Å²) in [7, 11) is 4.31. The molecule has 1 unspecified atom stereocenters. The molecule has 0 amide bonds. The smallest absolute Gasteiger partial charge is 0.330 e. The van der Waals surface area contributed by atoms with Crippen molar-refractivity contribution in [2.45, 2.75) is 25.7 Å². The van der Waals surface area contributed by atoms with E-state index >= 15 is 0 Å². The Morgan fingerprint density at radius 1 is 1.20 bits per heavy atom. The lowest BCUT2D eigenvalue weighted by molar-refractivity contribution is -0.861. The van der Waals surface area contributed by atoms with Crippen molar-refractivity contribution in [3.8, 4) is 0 Å². The zero-order valence-corrected chi connectivity index (χ0v) is 13.7. The van der Waals surface area contributed by atoms with Gasteiger partial charge in [-0.3, -0.25) is 4.79 Å². The molecule has 0 spiro atoms. The van der Waals surface area contributed by atoms with E-state index in [1.54, 1.807) is 0 Å². The van der Waals surface area contributed by atoms with E-state index in [0.717, 1.165) is 31.8 Å². The van der Waals surface area contributed by atoms with Gasteiger partial charge in [-0.05, 0) is 19.0 Å². The molecule has 20 heavy (non-hydrogen) atoms. The second kappa shape index (κ2) is 10.0. The lowest BCUT2D eigenvalue weighted by Gasteiger charge is -2.23. The molecule has 1 atom stereocenters. The van der Waals surface area contributed by atoms with E-state index in [4.69, 9.17) is 4.74 Å². The molecule has 0 aromatic carbocycles. The molecule has 0 rings (SSSR count). The summed E-state index contributed by atoms with van der Waals surface area (Å²) in [6.45, 7) is 4.09. The monoisotopic (exact) mass is 304 g/mol. The molecular formula is C14H27NO4P+. The molecule has 0 aliphatic heterocycles. The van der Waals surface area contributed by atoms with Gasteiger partial charge in [0.2, 0.25) is 5.52 Å². The summed E-state index contributed by atoms with van der Waals surface area (Å²) in [6.07, 6.45) is 5.22. The van der Waals surface area contributed by atoms with Crippen molar-refractivity contribution in [3.05, 3.63) is 12.7 Å². The lowest BCUT2D eigenvalue weighted by atomic mass is 10.2. The van der Waals surface area contributed by atoms with Gasteiger partial charge in [0.25, 0.3) is 0 Å². The van der Waals surface area contributed by atoms with Crippen molar-refractivity contribution >= 4 is 19.6 Å². The van der Waals surface area contributed by atoms with E-state index in [0.29, 0.717) is 23.8 Å². The van der Waals surface area contributed by atoms with Gasteiger partial charge < -0.3 is 14.1 Å². The Balaban J connectivity index is 3.57. The zero-order valence-electron chi connectivity index (χ0n) is 12.8. The largest absolute Gasteiger partial charge is 0.463 e. The summed E-state index contributed by atoms with van der Waals surface area (Å²) in [5.74, 6) is -0.394. The number of carbonyl (C=O) groups is 2. The molecule has 0 heterocycles. The fourth-order valence-electron chi connectivity index (χ4n) is 1.56. The van der Waals surface area contributed by atoms with Crippen LogP contribution in [0.4, 0.5) is 0 Å². The first kappa shape index (κ1) is 19.2. The van der Waals surface area contributed by atoms with Crippen LogP contribution in [0.15, 0.2) is 12.7 Å². The highest BCUT2D eigenvalue weighted by Gasteiger charge is 2.21. The number of hydrogen-bond donors (Lipinski definition) is 1. The first-order valence-corrected chi connectivity index (χ1v) is 8.33.